The Labute approximate surface area is 143 Å². The highest BCUT2D eigenvalue weighted by Crippen LogP contribution is 2.30. The average Bonchev–Trinajstić information content (AvgIpc) is 3.04. The molecule has 0 saturated carbocycles. The Morgan fingerprint density at radius 2 is 1.92 bits per heavy atom. The quantitative estimate of drug-likeness (QED) is 0.848. The van der Waals surface area contributed by atoms with Crippen LogP contribution in [0.3, 0.4) is 0 Å². The maximum atomic E-state index is 12.8. The second-order valence-corrected chi connectivity index (χ2v) is 7.27. The molecule has 0 aromatic carbocycles. The minimum Gasteiger partial charge on any atom is -0.338 e. The van der Waals surface area contributed by atoms with Crippen molar-refractivity contribution in [2.24, 2.45) is 11.1 Å². The standard InChI is InChI=1S/C17H28N6O/c1-14(23-7-4-17(2,12-18)13-23)15(24)21-8-10-22(11-9-21)16-19-5-3-6-20-16/h3,5-6,14H,4,7-13,18H2,1-2H3. The molecule has 1 amide bonds. The van der Waals surface area contributed by atoms with E-state index in [9.17, 15) is 4.79 Å². The summed E-state index contributed by atoms with van der Waals surface area (Å²) in [6.45, 7) is 9.80. The van der Waals surface area contributed by atoms with Gasteiger partial charge >= 0.3 is 0 Å². The van der Waals surface area contributed by atoms with Gasteiger partial charge in [-0.15, -0.1) is 0 Å². The normalized spacial score (nSPS) is 26.6. The lowest BCUT2D eigenvalue weighted by molar-refractivity contribution is -0.136. The third-order valence-electron chi connectivity index (χ3n) is 5.41. The molecule has 2 fully saturated rings. The molecule has 7 heteroatoms. The van der Waals surface area contributed by atoms with E-state index in [-0.39, 0.29) is 17.4 Å². The molecule has 0 bridgehead atoms. The van der Waals surface area contributed by atoms with Gasteiger partial charge in [0.05, 0.1) is 6.04 Å². The van der Waals surface area contributed by atoms with Crippen LogP contribution in [0.5, 0.6) is 0 Å². The highest BCUT2D eigenvalue weighted by molar-refractivity contribution is 5.81. The first-order valence-corrected chi connectivity index (χ1v) is 8.77. The smallest absolute Gasteiger partial charge is 0.239 e. The monoisotopic (exact) mass is 332 g/mol. The molecule has 3 rings (SSSR count). The number of hydrogen-bond acceptors (Lipinski definition) is 6. The summed E-state index contributed by atoms with van der Waals surface area (Å²) in [6.07, 6.45) is 4.58. The van der Waals surface area contributed by atoms with E-state index >= 15 is 0 Å². The SMILES string of the molecule is CC(C(=O)N1CCN(c2ncccn2)CC1)N1CCC(C)(CN)C1. The first-order valence-electron chi connectivity index (χ1n) is 8.77. The Hall–Kier alpha value is -1.73. The molecule has 1 aromatic rings. The molecule has 0 radical (unpaired) electrons. The molecule has 24 heavy (non-hydrogen) atoms. The van der Waals surface area contributed by atoms with Gasteiger partial charge in [0.25, 0.3) is 0 Å². The van der Waals surface area contributed by atoms with Gasteiger partial charge in [0.1, 0.15) is 0 Å². The Morgan fingerprint density at radius 1 is 1.25 bits per heavy atom. The maximum absolute atomic E-state index is 12.8. The number of carbonyl (C=O) groups excluding carboxylic acids is 1. The van der Waals surface area contributed by atoms with Crippen molar-refractivity contribution in [1.82, 2.24) is 19.8 Å². The maximum Gasteiger partial charge on any atom is 0.239 e. The van der Waals surface area contributed by atoms with Gasteiger partial charge in [-0.05, 0) is 37.9 Å². The van der Waals surface area contributed by atoms with Gasteiger partial charge in [0.2, 0.25) is 11.9 Å². The fraction of sp³-hybridized carbons (Fsp3) is 0.706. The highest BCUT2D eigenvalue weighted by Gasteiger charge is 2.38. The minimum atomic E-state index is -0.0714. The number of likely N-dealkylation sites (tertiary alicyclic amines) is 1. The number of carbonyl (C=O) groups is 1. The van der Waals surface area contributed by atoms with E-state index < -0.39 is 0 Å². The molecule has 2 aliphatic rings. The molecule has 0 spiro atoms. The molecule has 2 atom stereocenters. The van der Waals surface area contributed by atoms with E-state index in [1.165, 1.54) is 0 Å². The van der Waals surface area contributed by atoms with E-state index in [2.05, 4.69) is 26.7 Å². The summed E-state index contributed by atoms with van der Waals surface area (Å²) < 4.78 is 0. The summed E-state index contributed by atoms with van der Waals surface area (Å²) in [5.41, 5.74) is 6.03. The van der Waals surface area contributed by atoms with E-state index in [0.717, 1.165) is 51.6 Å². The molecule has 7 nitrogen and oxygen atoms in total. The summed E-state index contributed by atoms with van der Waals surface area (Å²) in [7, 11) is 0. The van der Waals surface area contributed by atoms with Gasteiger partial charge in [-0.25, -0.2) is 9.97 Å². The number of hydrogen-bond donors (Lipinski definition) is 1. The van der Waals surface area contributed by atoms with E-state index in [1.807, 2.05) is 17.9 Å². The molecule has 3 heterocycles. The van der Waals surface area contributed by atoms with Crippen LogP contribution in [0, 0.1) is 5.41 Å². The van der Waals surface area contributed by atoms with Crippen molar-refractivity contribution in [3.8, 4) is 0 Å². The molecule has 2 N–H and O–H groups in total. The number of aromatic nitrogens is 2. The van der Waals surface area contributed by atoms with Crippen molar-refractivity contribution in [3.05, 3.63) is 18.5 Å². The van der Waals surface area contributed by atoms with Gasteiger partial charge in [-0.1, -0.05) is 6.92 Å². The minimum absolute atomic E-state index is 0.0714. The number of piperazine rings is 1. The van der Waals surface area contributed by atoms with Crippen LogP contribution in [0.1, 0.15) is 20.3 Å². The Morgan fingerprint density at radius 3 is 2.50 bits per heavy atom. The Kier molecular flexibility index (Phi) is 5.01. The van der Waals surface area contributed by atoms with Crippen molar-refractivity contribution < 1.29 is 4.79 Å². The van der Waals surface area contributed by atoms with Crippen molar-refractivity contribution in [2.75, 3.05) is 50.7 Å². The number of nitrogens with two attached hydrogens (primary N) is 1. The Bertz CT molecular complexity index is 559. The molecule has 0 aliphatic carbocycles. The van der Waals surface area contributed by atoms with Gasteiger partial charge < -0.3 is 15.5 Å². The van der Waals surface area contributed by atoms with Crippen LogP contribution in [0.15, 0.2) is 18.5 Å². The fourth-order valence-electron chi connectivity index (χ4n) is 3.56. The third-order valence-corrected chi connectivity index (χ3v) is 5.41. The number of anilines is 1. The second kappa shape index (κ2) is 7.03. The molecule has 2 unspecified atom stereocenters. The van der Waals surface area contributed by atoms with Gasteiger partial charge in [0, 0.05) is 45.1 Å². The van der Waals surface area contributed by atoms with Gasteiger partial charge in [-0.2, -0.15) is 0 Å². The topological polar surface area (TPSA) is 78.6 Å². The second-order valence-electron chi connectivity index (χ2n) is 7.27. The number of nitrogens with zero attached hydrogens (tertiary/aromatic N) is 5. The predicted octanol–water partition coefficient (Wildman–Crippen LogP) is 0.184. The molecule has 2 aliphatic heterocycles. The average molecular weight is 332 g/mol. The van der Waals surface area contributed by atoms with E-state index in [0.29, 0.717) is 6.54 Å². The van der Waals surface area contributed by atoms with Crippen LogP contribution in [-0.2, 0) is 4.79 Å². The first kappa shape index (κ1) is 17.1. The molecular weight excluding hydrogens is 304 g/mol. The van der Waals surface area contributed by atoms with Crippen molar-refractivity contribution >= 4 is 11.9 Å². The fourth-order valence-corrected chi connectivity index (χ4v) is 3.56. The zero-order chi connectivity index (χ0) is 17.2. The summed E-state index contributed by atoms with van der Waals surface area (Å²) in [4.78, 5) is 27.8. The van der Waals surface area contributed by atoms with E-state index in [4.69, 9.17) is 5.73 Å². The van der Waals surface area contributed by atoms with Crippen LogP contribution in [0.25, 0.3) is 0 Å². The molecule has 1 aromatic heterocycles. The summed E-state index contributed by atoms with van der Waals surface area (Å²) in [5, 5.41) is 0. The molecular formula is C17H28N6O. The third kappa shape index (κ3) is 3.52. The van der Waals surface area contributed by atoms with Crippen molar-refractivity contribution in [3.63, 3.8) is 0 Å². The summed E-state index contributed by atoms with van der Waals surface area (Å²) in [5.74, 6) is 0.973. The van der Waals surface area contributed by atoms with Crippen LogP contribution in [0.2, 0.25) is 0 Å². The lowest BCUT2D eigenvalue weighted by Crippen LogP contribution is -2.54. The van der Waals surface area contributed by atoms with Crippen LogP contribution in [-0.4, -0.2) is 77.5 Å². The predicted molar refractivity (Wildman–Crippen MR) is 93.6 cm³/mol. The van der Waals surface area contributed by atoms with Crippen LogP contribution < -0.4 is 10.6 Å². The van der Waals surface area contributed by atoms with E-state index in [1.54, 1.807) is 12.4 Å². The lowest BCUT2D eigenvalue weighted by Gasteiger charge is -2.37. The van der Waals surface area contributed by atoms with Gasteiger partial charge in [0.15, 0.2) is 0 Å². The Balaban J connectivity index is 1.54. The molecule has 132 valence electrons. The zero-order valence-electron chi connectivity index (χ0n) is 14.7. The van der Waals surface area contributed by atoms with Crippen molar-refractivity contribution in [2.45, 2.75) is 26.3 Å². The van der Waals surface area contributed by atoms with Crippen molar-refractivity contribution in [1.29, 1.82) is 0 Å². The zero-order valence-corrected chi connectivity index (χ0v) is 14.7. The summed E-state index contributed by atoms with van der Waals surface area (Å²) >= 11 is 0. The molecule has 2 saturated heterocycles. The summed E-state index contributed by atoms with van der Waals surface area (Å²) in [6, 6.07) is 1.74. The number of rotatable bonds is 4. The lowest BCUT2D eigenvalue weighted by atomic mass is 9.90. The largest absolute Gasteiger partial charge is 0.338 e. The first-order chi connectivity index (χ1) is 11.5. The highest BCUT2D eigenvalue weighted by atomic mass is 16.2. The van der Waals surface area contributed by atoms with Crippen LogP contribution in [0.4, 0.5) is 5.95 Å². The number of amides is 1. The van der Waals surface area contributed by atoms with Gasteiger partial charge in [-0.3, -0.25) is 9.69 Å². The van der Waals surface area contributed by atoms with Crippen LogP contribution >= 0.6 is 0 Å².